The number of nitrogens with zero attached hydrogens (tertiary/aromatic N) is 5. The number of hydrogen-bond acceptors (Lipinski definition) is 7. The Morgan fingerprint density at radius 3 is 2.70 bits per heavy atom. The maximum Gasteiger partial charge on any atom is 0.325 e. The van der Waals surface area contributed by atoms with Crippen molar-refractivity contribution in [1.82, 2.24) is 30.4 Å². The van der Waals surface area contributed by atoms with Crippen molar-refractivity contribution in [3.8, 4) is 11.4 Å². The number of β-amino-alcohol motifs (C(OH)–C–C–N with tert-alkyl or cyclic N) is 1. The molecule has 1 aliphatic rings. The highest BCUT2D eigenvalue weighted by molar-refractivity contribution is 6.07. The number of hydrogen-bond donors (Lipinski definition) is 2. The van der Waals surface area contributed by atoms with Gasteiger partial charge in [-0.25, -0.2) is 9.48 Å². The largest absolute Gasteiger partial charge is 0.491 e. The van der Waals surface area contributed by atoms with Crippen LogP contribution in [-0.4, -0.2) is 61.4 Å². The summed E-state index contributed by atoms with van der Waals surface area (Å²) in [6, 6.07) is 15.4. The highest BCUT2D eigenvalue weighted by Gasteiger charge is 2.49. The van der Waals surface area contributed by atoms with Gasteiger partial charge in [0.15, 0.2) is 0 Å². The van der Waals surface area contributed by atoms with Gasteiger partial charge in [-0.15, -0.1) is 5.10 Å². The van der Waals surface area contributed by atoms with Crippen LogP contribution in [0, 0.1) is 0 Å². The first-order valence-corrected chi connectivity index (χ1v) is 9.31. The normalized spacial score (nSPS) is 19.6. The zero-order valence-electron chi connectivity index (χ0n) is 16.2. The van der Waals surface area contributed by atoms with Gasteiger partial charge in [0.2, 0.25) is 0 Å². The summed E-state index contributed by atoms with van der Waals surface area (Å²) in [4.78, 5) is 26.6. The molecule has 30 heavy (non-hydrogen) atoms. The van der Waals surface area contributed by atoms with E-state index in [4.69, 9.17) is 4.74 Å². The van der Waals surface area contributed by atoms with Crippen molar-refractivity contribution >= 4 is 11.9 Å². The average Bonchev–Trinajstić information content (AvgIpc) is 3.37. The molecule has 2 heterocycles. The number of ether oxygens (including phenoxy) is 1. The van der Waals surface area contributed by atoms with Crippen LogP contribution in [0.15, 0.2) is 60.9 Å². The van der Waals surface area contributed by atoms with Gasteiger partial charge in [-0.05, 0) is 47.2 Å². The van der Waals surface area contributed by atoms with Crippen molar-refractivity contribution in [3.63, 3.8) is 0 Å². The van der Waals surface area contributed by atoms with E-state index in [0.717, 1.165) is 4.90 Å². The summed E-state index contributed by atoms with van der Waals surface area (Å²) in [5.41, 5.74) is -0.0527. The molecule has 1 aliphatic heterocycles. The lowest BCUT2D eigenvalue weighted by atomic mass is 9.91. The third kappa shape index (κ3) is 3.72. The molecule has 154 valence electrons. The Hall–Kier alpha value is -3.79. The van der Waals surface area contributed by atoms with Crippen molar-refractivity contribution in [3.05, 3.63) is 66.5 Å². The van der Waals surface area contributed by atoms with Crippen LogP contribution in [0.2, 0.25) is 0 Å². The Balaban J connectivity index is 1.47. The average molecular weight is 408 g/mol. The number of amides is 3. The van der Waals surface area contributed by atoms with Crippen LogP contribution in [-0.2, 0) is 10.3 Å². The van der Waals surface area contributed by atoms with Gasteiger partial charge >= 0.3 is 6.03 Å². The van der Waals surface area contributed by atoms with E-state index in [2.05, 4.69) is 20.8 Å². The molecule has 0 spiro atoms. The molecule has 10 nitrogen and oxygen atoms in total. The molecule has 1 saturated heterocycles. The van der Waals surface area contributed by atoms with Crippen LogP contribution in [0.25, 0.3) is 5.69 Å². The Morgan fingerprint density at radius 2 is 1.97 bits per heavy atom. The molecule has 2 atom stereocenters. The second-order valence-corrected chi connectivity index (χ2v) is 7.05. The molecule has 3 aromatic rings. The number of tetrazole rings is 1. The van der Waals surface area contributed by atoms with E-state index < -0.39 is 23.6 Å². The molecule has 0 radical (unpaired) electrons. The van der Waals surface area contributed by atoms with E-state index in [9.17, 15) is 14.7 Å². The van der Waals surface area contributed by atoms with E-state index >= 15 is 0 Å². The number of carbonyl (C=O) groups excluding carboxylic acids is 2. The molecule has 2 aromatic carbocycles. The summed E-state index contributed by atoms with van der Waals surface area (Å²) in [6.45, 7) is 1.39. The second kappa shape index (κ2) is 7.91. The standard InChI is InChI=1S/C20H20N6O4/c1-20(14-6-5-7-15(10-14)26-13-21-23-24-26)18(28)25(19(29)22-20)11-16(27)12-30-17-8-3-2-4-9-17/h2-10,13,16,27H,11-12H2,1H3,(H,22,29). The Morgan fingerprint density at radius 1 is 1.17 bits per heavy atom. The molecule has 10 heteroatoms. The van der Waals surface area contributed by atoms with Gasteiger partial charge in [0, 0.05) is 0 Å². The first-order chi connectivity index (χ1) is 14.5. The number of imide groups is 1. The van der Waals surface area contributed by atoms with Crippen LogP contribution in [0.4, 0.5) is 4.79 Å². The summed E-state index contributed by atoms with van der Waals surface area (Å²) >= 11 is 0. The van der Waals surface area contributed by atoms with Crippen LogP contribution < -0.4 is 10.1 Å². The molecule has 2 unspecified atom stereocenters. The van der Waals surface area contributed by atoms with E-state index in [0.29, 0.717) is 17.0 Å². The summed E-state index contributed by atoms with van der Waals surface area (Å²) in [5.74, 6) is 0.137. The number of aliphatic hydroxyl groups excluding tert-OH is 1. The zero-order valence-corrected chi connectivity index (χ0v) is 16.2. The van der Waals surface area contributed by atoms with Crippen molar-refractivity contribution in [2.45, 2.75) is 18.6 Å². The molecule has 1 aromatic heterocycles. The highest BCUT2D eigenvalue weighted by atomic mass is 16.5. The quantitative estimate of drug-likeness (QED) is 0.556. The first kappa shape index (κ1) is 19.5. The van der Waals surface area contributed by atoms with Crippen LogP contribution in [0.3, 0.4) is 0 Å². The summed E-state index contributed by atoms with van der Waals surface area (Å²) in [5, 5.41) is 24.1. The SMILES string of the molecule is CC1(c2cccc(-n3cnnn3)c2)NC(=O)N(CC(O)COc2ccccc2)C1=O. The Kier molecular flexibility index (Phi) is 5.15. The number of para-hydroxylation sites is 1. The van der Waals surface area contributed by atoms with Crippen LogP contribution >= 0.6 is 0 Å². The van der Waals surface area contributed by atoms with Gasteiger partial charge in [-0.3, -0.25) is 9.69 Å². The van der Waals surface area contributed by atoms with Crippen LogP contribution in [0.1, 0.15) is 12.5 Å². The van der Waals surface area contributed by atoms with Gasteiger partial charge in [0.25, 0.3) is 5.91 Å². The number of carbonyl (C=O) groups is 2. The Bertz CT molecular complexity index is 1040. The fraction of sp³-hybridized carbons (Fsp3) is 0.250. The maximum absolute atomic E-state index is 13.1. The van der Waals surface area contributed by atoms with Crippen molar-refractivity contribution in [2.75, 3.05) is 13.2 Å². The predicted molar refractivity (Wildman–Crippen MR) is 105 cm³/mol. The monoisotopic (exact) mass is 408 g/mol. The molecule has 0 saturated carbocycles. The lowest BCUT2D eigenvalue weighted by Gasteiger charge is -2.23. The summed E-state index contributed by atoms with van der Waals surface area (Å²) < 4.78 is 6.96. The molecular weight excluding hydrogens is 388 g/mol. The maximum atomic E-state index is 13.1. The lowest BCUT2D eigenvalue weighted by Crippen LogP contribution is -2.42. The number of aliphatic hydroxyl groups is 1. The van der Waals surface area contributed by atoms with E-state index in [1.54, 1.807) is 43.3 Å². The molecule has 4 rings (SSSR count). The smallest absolute Gasteiger partial charge is 0.325 e. The van der Waals surface area contributed by atoms with Crippen molar-refractivity contribution < 1.29 is 19.4 Å². The van der Waals surface area contributed by atoms with Gasteiger partial charge in [0.1, 0.15) is 30.3 Å². The molecule has 2 N–H and O–H groups in total. The minimum absolute atomic E-state index is 0.0490. The third-order valence-electron chi connectivity index (χ3n) is 4.89. The molecule has 0 bridgehead atoms. The van der Waals surface area contributed by atoms with E-state index in [-0.39, 0.29) is 13.2 Å². The van der Waals surface area contributed by atoms with Crippen molar-refractivity contribution in [1.29, 1.82) is 0 Å². The topological polar surface area (TPSA) is 122 Å². The fourth-order valence-electron chi connectivity index (χ4n) is 3.27. The second-order valence-electron chi connectivity index (χ2n) is 7.05. The number of aromatic nitrogens is 4. The Labute approximate surface area is 172 Å². The summed E-state index contributed by atoms with van der Waals surface area (Å²) in [7, 11) is 0. The number of benzene rings is 2. The minimum Gasteiger partial charge on any atom is -0.491 e. The van der Waals surface area contributed by atoms with Crippen LogP contribution in [0.5, 0.6) is 5.75 Å². The van der Waals surface area contributed by atoms with E-state index in [1.165, 1.54) is 11.0 Å². The van der Waals surface area contributed by atoms with Crippen molar-refractivity contribution in [2.24, 2.45) is 0 Å². The number of rotatable bonds is 7. The molecule has 0 aliphatic carbocycles. The highest BCUT2D eigenvalue weighted by Crippen LogP contribution is 2.30. The molecule has 3 amide bonds. The van der Waals surface area contributed by atoms with Gasteiger partial charge < -0.3 is 15.2 Å². The predicted octanol–water partition coefficient (Wildman–Crippen LogP) is 0.869. The van der Waals surface area contributed by atoms with Gasteiger partial charge in [0.05, 0.1) is 12.2 Å². The number of urea groups is 1. The van der Waals surface area contributed by atoms with Gasteiger partial charge in [-0.2, -0.15) is 0 Å². The summed E-state index contributed by atoms with van der Waals surface area (Å²) in [6.07, 6.45) is 0.404. The molecular formula is C20H20N6O4. The lowest BCUT2D eigenvalue weighted by molar-refractivity contribution is -0.132. The van der Waals surface area contributed by atoms with Gasteiger partial charge in [-0.1, -0.05) is 30.3 Å². The minimum atomic E-state index is -1.28. The van der Waals surface area contributed by atoms with E-state index in [1.807, 2.05) is 18.2 Å². The first-order valence-electron chi connectivity index (χ1n) is 9.31. The number of nitrogens with one attached hydrogen (secondary N) is 1. The third-order valence-corrected chi connectivity index (χ3v) is 4.89. The zero-order chi connectivity index (χ0) is 21.1. The molecule has 1 fully saturated rings. The fourth-order valence-corrected chi connectivity index (χ4v) is 3.27.